The molecule has 0 aliphatic rings. The molecule has 134 valence electrons. The van der Waals surface area contributed by atoms with Gasteiger partial charge in [-0.3, -0.25) is 4.79 Å². The van der Waals surface area contributed by atoms with E-state index in [0.717, 1.165) is 11.3 Å². The highest BCUT2D eigenvalue weighted by Crippen LogP contribution is 2.21. The van der Waals surface area contributed by atoms with E-state index in [4.69, 9.17) is 0 Å². The minimum absolute atomic E-state index is 0.263. The van der Waals surface area contributed by atoms with Crippen molar-refractivity contribution in [1.82, 2.24) is 20.0 Å². The Morgan fingerprint density at radius 2 is 1.93 bits per heavy atom. The maximum atomic E-state index is 13.2. The van der Waals surface area contributed by atoms with Gasteiger partial charge in [-0.15, -0.1) is 5.10 Å². The molecule has 0 aliphatic carbocycles. The smallest absolute Gasteiger partial charge is 0.255 e. The molecule has 2 aromatic heterocycles. The van der Waals surface area contributed by atoms with Crippen LogP contribution in [0.3, 0.4) is 0 Å². The zero-order valence-electron chi connectivity index (χ0n) is 14.8. The molecule has 4 aromatic rings. The van der Waals surface area contributed by atoms with Crippen LogP contribution in [0.4, 0.5) is 10.1 Å². The number of pyridine rings is 1. The molecule has 0 radical (unpaired) electrons. The molecule has 2 heterocycles. The Labute approximate surface area is 154 Å². The maximum Gasteiger partial charge on any atom is 0.255 e. The molecule has 0 aliphatic heterocycles. The number of nitrogens with zero attached hydrogens (tertiary/aromatic N) is 4. The second-order valence-electron chi connectivity index (χ2n) is 6.26. The molecule has 1 amide bonds. The number of aromatic nitrogens is 4. The van der Waals surface area contributed by atoms with Gasteiger partial charge in [0.2, 0.25) is 0 Å². The van der Waals surface area contributed by atoms with E-state index in [2.05, 4.69) is 20.6 Å². The summed E-state index contributed by atoms with van der Waals surface area (Å²) in [5.74, 6) is -0.597. The second kappa shape index (κ2) is 6.60. The molecule has 0 fully saturated rings. The number of benzene rings is 2. The van der Waals surface area contributed by atoms with Crippen LogP contribution in [0.25, 0.3) is 16.9 Å². The Balaban J connectivity index is 1.64. The van der Waals surface area contributed by atoms with Crippen molar-refractivity contribution in [3.63, 3.8) is 0 Å². The second-order valence-corrected chi connectivity index (χ2v) is 6.26. The predicted octanol–water partition coefficient (Wildman–Crippen LogP) is 3.82. The lowest BCUT2D eigenvalue weighted by Crippen LogP contribution is -2.13. The summed E-state index contributed by atoms with van der Waals surface area (Å²) in [7, 11) is 0. The van der Waals surface area contributed by atoms with Crippen LogP contribution < -0.4 is 5.32 Å². The normalized spacial score (nSPS) is 10.9. The fourth-order valence-corrected chi connectivity index (χ4v) is 2.92. The number of nitrogens with one attached hydrogen (secondary N) is 1. The van der Waals surface area contributed by atoms with Gasteiger partial charge in [0.15, 0.2) is 5.65 Å². The topological polar surface area (TPSA) is 72.7 Å². The largest absolute Gasteiger partial charge is 0.322 e. The van der Waals surface area contributed by atoms with Crippen LogP contribution in [-0.4, -0.2) is 25.9 Å². The Hall–Kier alpha value is -3.61. The van der Waals surface area contributed by atoms with Crippen LogP contribution in [-0.2, 0) is 0 Å². The number of amides is 1. The van der Waals surface area contributed by atoms with Crippen molar-refractivity contribution >= 4 is 22.8 Å². The monoisotopic (exact) mass is 361 g/mol. The molecule has 2 aromatic carbocycles. The molecule has 1 N–H and O–H groups in total. The first-order chi connectivity index (χ1) is 13.0. The van der Waals surface area contributed by atoms with E-state index in [-0.39, 0.29) is 11.7 Å². The average Bonchev–Trinajstić information content (AvgIpc) is 3.08. The van der Waals surface area contributed by atoms with Gasteiger partial charge in [-0.1, -0.05) is 5.21 Å². The molecule has 6 nitrogen and oxygen atoms in total. The molecule has 0 bridgehead atoms. The molecular formula is C20H16FN5O. The van der Waals surface area contributed by atoms with Crippen LogP contribution in [0.1, 0.15) is 21.5 Å². The van der Waals surface area contributed by atoms with E-state index in [1.165, 1.54) is 12.1 Å². The number of hydrogen-bond acceptors (Lipinski definition) is 4. The lowest BCUT2D eigenvalue weighted by atomic mass is 10.1. The summed E-state index contributed by atoms with van der Waals surface area (Å²) >= 11 is 0. The molecule has 7 heteroatoms. The summed E-state index contributed by atoms with van der Waals surface area (Å²) in [4.78, 5) is 16.9. The van der Waals surface area contributed by atoms with Crippen LogP contribution in [0, 0.1) is 19.7 Å². The first-order valence-electron chi connectivity index (χ1n) is 8.38. The van der Waals surface area contributed by atoms with E-state index in [0.29, 0.717) is 28.0 Å². The summed E-state index contributed by atoms with van der Waals surface area (Å²) in [6.45, 7) is 3.64. The van der Waals surface area contributed by atoms with Gasteiger partial charge in [0, 0.05) is 17.4 Å². The van der Waals surface area contributed by atoms with Crippen molar-refractivity contribution in [3.8, 4) is 5.69 Å². The number of carbonyl (C=O) groups is 1. The molecule has 0 saturated carbocycles. The zero-order chi connectivity index (χ0) is 19.0. The molecular weight excluding hydrogens is 345 g/mol. The van der Waals surface area contributed by atoms with E-state index in [1.807, 2.05) is 19.1 Å². The highest BCUT2D eigenvalue weighted by atomic mass is 19.1. The molecule has 0 unspecified atom stereocenters. The summed E-state index contributed by atoms with van der Waals surface area (Å²) in [5, 5.41) is 11.1. The number of hydrogen-bond donors (Lipinski definition) is 1. The molecule has 0 saturated heterocycles. The lowest BCUT2D eigenvalue weighted by molar-refractivity contribution is 0.102. The number of carbonyl (C=O) groups excluding carboxylic acids is 1. The summed E-state index contributed by atoms with van der Waals surface area (Å²) < 4.78 is 14.9. The predicted molar refractivity (Wildman–Crippen MR) is 100 cm³/mol. The van der Waals surface area contributed by atoms with Crippen LogP contribution in [0.15, 0.2) is 54.7 Å². The first-order valence-corrected chi connectivity index (χ1v) is 8.38. The number of fused-ring (bicyclic) bond motifs is 1. The van der Waals surface area contributed by atoms with Crippen molar-refractivity contribution in [2.24, 2.45) is 0 Å². The van der Waals surface area contributed by atoms with Gasteiger partial charge in [0.05, 0.1) is 5.69 Å². The minimum atomic E-state index is -0.334. The number of anilines is 1. The number of rotatable bonds is 3. The van der Waals surface area contributed by atoms with Gasteiger partial charge in [0.25, 0.3) is 5.91 Å². The van der Waals surface area contributed by atoms with Gasteiger partial charge < -0.3 is 5.32 Å². The van der Waals surface area contributed by atoms with Gasteiger partial charge >= 0.3 is 0 Å². The van der Waals surface area contributed by atoms with Crippen LogP contribution >= 0.6 is 0 Å². The van der Waals surface area contributed by atoms with E-state index < -0.39 is 0 Å². The van der Waals surface area contributed by atoms with Crippen LogP contribution in [0.5, 0.6) is 0 Å². The number of aryl methyl sites for hydroxylation is 2. The third kappa shape index (κ3) is 3.15. The fourth-order valence-electron chi connectivity index (χ4n) is 2.92. The SMILES string of the molecule is Cc1cc(F)ccc1NC(=O)c1ccc(-n2nnc3cccnc32)c(C)c1. The van der Waals surface area contributed by atoms with Crippen molar-refractivity contribution in [1.29, 1.82) is 0 Å². The maximum absolute atomic E-state index is 13.2. The quantitative estimate of drug-likeness (QED) is 0.602. The summed E-state index contributed by atoms with van der Waals surface area (Å²) in [6.07, 6.45) is 1.68. The molecule has 0 atom stereocenters. The average molecular weight is 361 g/mol. The van der Waals surface area contributed by atoms with Gasteiger partial charge in [-0.2, -0.15) is 4.68 Å². The van der Waals surface area contributed by atoms with Crippen molar-refractivity contribution in [2.75, 3.05) is 5.32 Å². The van der Waals surface area contributed by atoms with E-state index >= 15 is 0 Å². The van der Waals surface area contributed by atoms with E-state index in [9.17, 15) is 9.18 Å². The fraction of sp³-hybridized carbons (Fsp3) is 0.100. The summed E-state index contributed by atoms with van der Waals surface area (Å²) in [6, 6.07) is 13.2. The van der Waals surface area contributed by atoms with Crippen molar-refractivity contribution < 1.29 is 9.18 Å². The third-order valence-electron chi connectivity index (χ3n) is 4.33. The number of halogens is 1. The van der Waals surface area contributed by atoms with Gasteiger partial charge in [-0.05, 0) is 73.5 Å². The Bertz CT molecular complexity index is 1170. The lowest BCUT2D eigenvalue weighted by Gasteiger charge is -2.11. The zero-order valence-corrected chi connectivity index (χ0v) is 14.8. The Morgan fingerprint density at radius 3 is 2.70 bits per heavy atom. The van der Waals surface area contributed by atoms with Gasteiger partial charge in [-0.25, -0.2) is 9.37 Å². The van der Waals surface area contributed by atoms with E-state index in [1.54, 1.807) is 42.1 Å². The molecule has 0 spiro atoms. The summed E-state index contributed by atoms with van der Waals surface area (Å²) in [5.41, 5.74) is 4.75. The molecule has 27 heavy (non-hydrogen) atoms. The highest BCUT2D eigenvalue weighted by molar-refractivity contribution is 6.04. The minimum Gasteiger partial charge on any atom is -0.322 e. The molecule has 4 rings (SSSR count). The van der Waals surface area contributed by atoms with Gasteiger partial charge in [0.1, 0.15) is 11.3 Å². The standard InChI is InChI=1S/C20H16FN5O/c1-12-11-15(21)6-7-16(12)23-20(27)14-5-8-18(13(2)10-14)26-19-17(24-25-26)4-3-9-22-19/h3-11H,1-2H3,(H,23,27). The Morgan fingerprint density at radius 1 is 1.07 bits per heavy atom. The van der Waals surface area contributed by atoms with Crippen molar-refractivity contribution in [3.05, 3.63) is 77.2 Å². The highest BCUT2D eigenvalue weighted by Gasteiger charge is 2.13. The first kappa shape index (κ1) is 16.8. The third-order valence-corrected chi connectivity index (χ3v) is 4.33. The van der Waals surface area contributed by atoms with Crippen molar-refractivity contribution in [2.45, 2.75) is 13.8 Å². The Kier molecular flexibility index (Phi) is 4.12. The van der Waals surface area contributed by atoms with Crippen LogP contribution in [0.2, 0.25) is 0 Å².